The lowest BCUT2D eigenvalue weighted by molar-refractivity contribution is -0.122. The highest BCUT2D eigenvalue weighted by Crippen LogP contribution is 2.28. The molecule has 144 valence electrons. The fourth-order valence-electron chi connectivity index (χ4n) is 2.81. The molecule has 0 unspecified atom stereocenters. The normalized spacial score (nSPS) is 13.8. The monoisotopic (exact) mass is 394 g/mol. The van der Waals surface area contributed by atoms with E-state index < -0.39 is 6.61 Å². The maximum Gasteiger partial charge on any atom is 0.387 e. The van der Waals surface area contributed by atoms with E-state index in [-0.39, 0.29) is 11.7 Å². The molecule has 7 heteroatoms. The Labute approximate surface area is 162 Å². The van der Waals surface area contributed by atoms with E-state index in [2.05, 4.69) is 15.0 Å². The minimum absolute atomic E-state index is 0.0660. The predicted octanol–water partition coefficient (Wildman–Crippen LogP) is 4.22. The van der Waals surface area contributed by atoms with E-state index in [1.54, 1.807) is 12.1 Å². The molecule has 0 bridgehead atoms. The fraction of sp³-hybridized carbons (Fsp3) is 0.350. The van der Waals surface area contributed by atoms with Crippen molar-refractivity contribution < 1.29 is 18.3 Å². The fourth-order valence-corrected chi connectivity index (χ4v) is 2.93. The highest BCUT2D eigenvalue weighted by atomic mass is 35.5. The molecule has 2 aromatic rings. The maximum absolute atomic E-state index is 12.3. The molecular formula is C20H21ClF2N2O2. The van der Waals surface area contributed by atoms with Gasteiger partial charge >= 0.3 is 6.61 Å². The Morgan fingerprint density at radius 2 is 1.74 bits per heavy atom. The van der Waals surface area contributed by atoms with Crippen LogP contribution in [0.3, 0.4) is 0 Å². The molecule has 0 aromatic heterocycles. The summed E-state index contributed by atoms with van der Waals surface area (Å²) in [5.41, 5.74) is 1.94. The second-order valence-corrected chi connectivity index (χ2v) is 7.00. The topological polar surface area (TPSA) is 41.6 Å². The van der Waals surface area contributed by atoms with E-state index in [0.29, 0.717) is 30.7 Å². The Morgan fingerprint density at radius 1 is 1.11 bits per heavy atom. The van der Waals surface area contributed by atoms with Gasteiger partial charge in [-0.15, -0.1) is 0 Å². The van der Waals surface area contributed by atoms with Crippen LogP contribution in [-0.2, 0) is 17.9 Å². The molecule has 0 atom stereocenters. The van der Waals surface area contributed by atoms with Gasteiger partial charge in [0, 0.05) is 24.2 Å². The van der Waals surface area contributed by atoms with Crippen LogP contribution in [-0.4, -0.2) is 30.0 Å². The van der Waals surface area contributed by atoms with E-state index in [9.17, 15) is 13.6 Å². The molecule has 1 amide bonds. The van der Waals surface area contributed by atoms with Gasteiger partial charge in [-0.05, 0) is 48.2 Å². The third kappa shape index (κ3) is 6.48. The molecule has 1 fully saturated rings. The van der Waals surface area contributed by atoms with Gasteiger partial charge in [0.25, 0.3) is 0 Å². The molecule has 0 aliphatic heterocycles. The zero-order chi connectivity index (χ0) is 19.2. The van der Waals surface area contributed by atoms with E-state index in [0.717, 1.165) is 24.0 Å². The average molecular weight is 395 g/mol. The molecule has 1 aliphatic rings. The van der Waals surface area contributed by atoms with Crippen molar-refractivity contribution >= 4 is 17.5 Å². The Balaban J connectivity index is 1.48. The molecule has 1 N–H and O–H groups in total. The minimum Gasteiger partial charge on any atom is -0.435 e. The number of amides is 1. The van der Waals surface area contributed by atoms with Crippen molar-refractivity contribution in [2.75, 3.05) is 6.54 Å². The van der Waals surface area contributed by atoms with Crippen molar-refractivity contribution in [2.45, 2.75) is 38.6 Å². The van der Waals surface area contributed by atoms with Crippen molar-refractivity contribution in [3.63, 3.8) is 0 Å². The summed E-state index contributed by atoms with van der Waals surface area (Å²) in [4.78, 5) is 14.5. The quantitative estimate of drug-likeness (QED) is 0.692. The van der Waals surface area contributed by atoms with Crippen LogP contribution in [0.5, 0.6) is 5.75 Å². The second-order valence-electron chi connectivity index (χ2n) is 6.56. The summed E-state index contributed by atoms with van der Waals surface area (Å²) >= 11 is 5.92. The lowest BCUT2D eigenvalue weighted by Gasteiger charge is -2.21. The van der Waals surface area contributed by atoms with Gasteiger partial charge in [-0.25, -0.2) is 0 Å². The molecular weight excluding hydrogens is 374 g/mol. The number of ether oxygens (including phenoxy) is 1. The van der Waals surface area contributed by atoms with Gasteiger partial charge in [0.2, 0.25) is 5.91 Å². The molecule has 2 aromatic carbocycles. The minimum atomic E-state index is -2.84. The van der Waals surface area contributed by atoms with Crippen molar-refractivity contribution in [1.29, 1.82) is 0 Å². The molecule has 0 radical (unpaired) electrons. The van der Waals surface area contributed by atoms with E-state index in [1.807, 2.05) is 24.3 Å². The van der Waals surface area contributed by atoms with Crippen molar-refractivity contribution in [2.24, 2.45) is 0 Å². The van der Waals surface area contributed by atoms with Crippen LogP contribution in [0, 0.1) is 0 Å². The second kappa shape index (κ2) is 9.15. The Bertz CT molecular complexity index is 750. The summed E-state index contributed by atoms with van der Waals surface area (Å²) in [5.74, 6) is 0.0340. The molecule has 3 rings (SSSR count). The lowest BCUT2D eigenvalue weighted by atomic mass is 10.2. The highest BCUT2D eigenvalue weighted by molar-refractivity contribution is 6.30. The number of nitrogens with zero attached hydrogens (tertiary/aromatic N) is 1. The Morgan fingerprint density at radius 3 is 2.33 bits per heavy atom. The lowest BCUT2D eigenvalue weighted by Crippen LogP contribution is -2.37. The van der Waals surface area contributed by atoms with Gasteiger partial charge in [0.1, 0.15) is 5.75 Å². The third-order valence-corrected chi connectivity index (χ3v) is 4.60. The van der Waals surface area contributed by atoms with Crippen molar-refractivity contribution in [3.05, 3.63) is 64.7 Å². The predicted molar refractivity (Wildman–Crippen MR) is 99.8 cm³/mol. The number of benzene rings is 2. The van der Waals surface area contributed by atoms with Crippen molar-refractivity contribution in [3.8, 4) is 5.75 Å². The largest absolute Gasteiger partial charge is 0.435 e. The number of alkyl halides is 2. The van der Waals surface area contributed by atoms with Gasteiger partial charge in [-0.2, -0.15) is 8.78 Å². The first-order valence-electron chi connectivity index (χ1n) is 8.78. The molecule has 27 heavy (non-hydrogen) atoms. The summed E-state index contributed by atoms with van der Waals surface area (Å²) in [6.45, 7) is -1.48. The van der Waals surface area contributed by atoms with E-state index >= 15 is 0 Å². The van der Waals surface area contributed by atoms with Crippen LogP contribution < -0.4 is 10.1 Å². The number of hydrogen-bond donors (Lipinski definition) is 1. The number of carbonyl (C=O) groups is 1. The van der Waals surface area contributed by atoms with E-state index in [4.69, 9.17) is 11.6 Å². The maximum atomic E-state index is 12.3. The summed E-state index contributed by atoms with van der Waals surface area (Å²) in [6.07, 6.45) is 2.21. The third-order valence-electron chi connectivity index (χ3n) is 4.35. The zero-order valence-corrected chi connectivity index (χ0v) is 15.5. The average Bonchev–Trinajstić information content (AvgIpc) is 3.47. The summed E-state index contributed by atoms with van der Waals surface area (Å²) in [5, 5.41) is 3.57. The van der Waals surface area contributed by atoms with Crippen LogP contribution in [0.1, 0.15) is 24.0 Å². The van der Waals surface area contributed by atoms with Crippen molar-refractivity contribution in [1.82, 2.24) is 10.2 Å². The number of hydrogen-bond acceptors (Lipinski definition) is 3. The summed E-state index contributed by atoms with van der Waals surface area (Å²) in [6, 6.07) is 14.3. The Kier molecular flexibility index (Phi) is 6.63. The smallest absolute Gasteiger partial charge is 0.387 e. The standard InChI is InChI=1S/C20H21ClF2N2O2/c21-16-5-1-15(2-6-16)12-25(17-7-8-17)13-19(26)24-11-14-3-9-18(10-4-14)27-20(22)23/h1-6,9-10,17,20H,7-8,11-13H2,(H,24,26). The SMILES string of the molecule is O=C(CN(Cc1ccc(Cl)cc1)C1CC1)NCc1ccc(OC(F)F)cc1. The first kappa shape index (κ1) is 19.6. The van der Waals surface area contributed by atoms with Gasteiger partial charge < -0.3 is 10.1 Å². The van der Waals surface area contributed by atoms with Gasteiger partial charge in [0.15, 0.2) is 0 Å². The summed E-state index contributed by atoms with van der Waals surface area (Å²) < 4.78 is 28.6. The van der Waals surface area contributed by atoms with E-state index in [1.165, 1.54) is 12.1 Å². The first-order valence-corrected chi connectivity index (χ1v) is 9.16. The highest BCUT2D eigenvalue weighted by Gasteiger charge is 2.30. The summed E-state index contributed by atoms with van der Waals surface area (Å²) in [7, 11) is 0. The number of halogens is 3. The molecule has 1 aliphatic carbocycles. The number of nitrogens with one attached hydrogen (secondary N) is 1. The van der Waals surface area contributed by atoms with Crippen LogP contribution in [0.2, 0.25) is 5.02 Å². The zero-order valence-electron chi connectivity index (χ0n) is 14.7. The molecule has 4 nitrogen and oxygen atoms in total. The first-order chi connectivity index (χ1) is 13.0. The molecule has 0 spiro atoms. The molecule has 0 heterocycles. The van der Waals surface area contributed by atoms with Gasteiger partial charge in [0.05, 0.1) is 6.54 Å². The van der Waals surface area contributed by atoms with Crippen LogP contribution in [0.4, 0.5) is 8.78 Å². The van der Waals surface area contributed by atoms with Crippen LogP contribution in [0.25, 0.3) is 0 Å². The van der Waals surface area contributed by atoms with Gasteiger partial charge in [-0.1, -0.05) is 35.9 Å². The van der Waals surface area contributed by atoms with Gasteiger partial charge in [-0.3, -0.25) is 9.69 Å². The number of carbonyl (C=O) groups excluding carboxylic acids is 1. The van der Waals surface area contributed by atoms with Crippen LogP contribution >= 0.6 is 11.6 Å². The van der Waals surface area contributed by atoms with Crippen LogP contribution in [0.15, 0.2) is 48.5 Å². The Hall–Kier alpha value is -2.18. The molecule has 0 saturated heterocycles. The molecule has 1 saturated carbocycles. The number of rotatable bonds is 9.